The maximum Gasteiger partial charge on any atom is 0.0646 e. The molecule has 0 heterocycles. The molecular formula is C14H22BrNO. The number of aliphatic hydroxyl groups is 1. The summed E-state index contributed by atoms with van der Waals surface area (Å²) in [6, 6.07) is 8.04. The van der Waals surface area contributed by atoms with Crippen LogP contribution >= 0.6 is 15.9 Å². The number of hydrogen-bond donors (Lipinski definition) is 2. The van der Waals surface area contributed by atoms with E-state index in [1.807, 2.05) is 24.3 Å². The van der Waals surface area contributed by atoms with Gasteiger partial charge in [0, 0.05) is 16.9 Å². The lowest BCUT2D eigenvalue weighted by molar-refractivity contribution is 0.0858. The molecular weight excluding hydrogens is 278 g/mol. The first-order valence-electron chi connectivity index (χ1n) is 6.23. The van der Waals surface area contributed by atoms with Crippen molar-refractivity contribution in [2.45, 2.75) is 38.7 Å². The minimum absolute atomic E-state index is 0.0223. The van der Waals surface area contributed by atoms with E-state index in [1.54, 1.807) is 0 Å². The van der Waals surface area contributed by atoms with Crippen molar-refractivity contribution in [3.8, 4) is 0 Å². The molecule has 3 N–H and O–H groups in total. The maximum atomic E-state index is 10.4. The first-order valence-corrected chi connectivity index (χ1v) is 7.03. The Labute approximate surface area is 112 Å². The number of nitrogens with two attached hydrogens (primary N) is 1. The minimum atomic E-state index is -0.366. The molecule has 1 aromatic rings. The molecule has 96 valence electrons. The van der Waals surface area contributed by atoms with Gasteiger partial charge in [0.2, 0.25) is 0 Å². The van der Waals surface area contributed by atoms with Gasteiger partial charge in [-0.1, -0.05) is 48.3 Å². The molecule has 0 aliphatic rings. The van der Waals surface area contributed by atoms with Crippen molar-refractivity contribution in [3.05, 3.63) is 34.3 Å². The van der Waals surface area contributed by atoms with E-state index in [0.29, 0.717) is 6.54 Å². The lowest BCUT2D eigenvalue weighted by Gasteiger charge is -2.27. The Morgan fingerprint density at radius 3 is 2.65 bits per heavy atom. The molecule has 0 saturated carbocycles. The molecule has 2 nitrogen and oxygen atoms in total. The van der Waals surface area contributed by atoms with Crippen molar-refractivity contribution in [1.29, 1.82) is 0 Å². The lowest BCUT2D eigenvalue weighted by Crippen LogP contribution is -2.31. The summed E-state index contributed by atoms with van der Waals surface area (Å²) >= 11 is 3.45. The molecule has 1 rings (SSSR count). The number of halogens is 1. The third-order valence-corrected chi connectivity index (χ3v) is 3.76. The van der Waals surface area contributed by atoms with Crippen molar-refractivity contribution >= 4 is 15.9 Å². The molecule has 3 unspecified atom stereocenters. The second-order valence-electron chi connectivity index (χ2n) is 4.65. The largest absolute Gasteiger partial charge is 0.392 e. The fraction of sp³-hybridized carbons (Fsp3) is 0.571. The molecule has 0 aliphatic heterocycles. The number of hydrogen-bond acceptors (Lipinski definition) is 2. The van der Waals surface area contributed by atoms with E-state index in [-0.39, 0.29) is 17.9 Å². The van der Waals surface area contributed by atoms with Gasteiger partial charge in [-0.05, 0) is 30.0 Å². The zero-order valence-corrected chi connectivity index (χ0v) is 12.2. The molecule has 0 aromatic heterocycles. The van der Waals surface area contributed by atoms with Crippen LogP contribution in [-0.2, 0) is 0 Å². The van der Waals surface area contributed by atoms with Gasteiger partial charge in [-0.25, -0.2) is 0 Å². The average Bonchev–Trinajstić information content (AvgIpc) is 2.30. The quantitative estimate of drug-likeness (QED) is 0.847. The molecule has 0 aliphatic carbocycles. The fourth-order valence-electron chi connectivity index (χ4n) is 2.23. The van der Waals surface area contributed by atoms with Crippen LogP contribution < -0.4 is 5.73 Å². The SMILES string of the molecule is CCCC(C)C(O)C(CN)c1cccc(Br)c1. The van der Waals surface area contributed by atoms with Gasteiger partial charge in [-0.15, -0.1) is 0 Å². The smallest absolute Gasteiger partial charge is 0.0646 e. The van der Waals surface area contributed by atoms with Gasteiger partial charge in [0.25, 0.3) is 0 Å². The van der Waals surface area contributed by atoms with E-state index in [0.717, 1.165) is 22.9 Å². The highest BCUT2D eigenvalue weighted by Crippen LogP contribution is 2.27. The topological polar surface area (TPSA) is 46.2 Å². The van der Waals surface area contributed by atoms with E-state index in [4.69, 9.17) is 5.73 Å². The molecule has 0 radical (unpaired) electrons. The Hall–Kier alpha value is -0.380. The number of benzene rings is 1. The molecule has 0 saturated heterocycles. The van der Waals surface area contributed by atoms with Gasteiger partial charge in [0.15, 0.2) is 0 Å². The van der Waals surface area contributed by atoms with Crippen LogP contribution in [0.2, 0.25) is 0 Å². The molecule has 0 bridgehead atoms. The number of aliphatic hydroxyl groups excluding tert-OH is 1. The highest BCUT2D eigenvalue weighted by Gasteiger charge is 2.24. The zero-order valence-electron chi connectivity index (χ0n) is 10.6. The Balaban J connectivity index is 2.83. The van der Waals surface area contributed by atoms with Crippen LogP contribution in [0, 0.1) is 5.92 Å². The summed E-state index contributed by atoms with van der Waals surface area (Å²) in [6.45, 7) is 4.71. The van der Waals surface area contributed by atoms with Gasteiger partial charge in [-0.2, -0.15) is 0 Å². The summed E-state index contributed by atoms with van der Waals surface area (Å²) in [4.78, 5) is 0. The summed E-state index contributed by atoms with van der Waals surface area (Å²) in [5.41, 5.74) is 6.92. The Morgan fingerprint density at radius 1 is 1.41 bits per heavy atom. The summed E-state index contributed by atoms with van der Waals surface area (Å²) in [5.74, 6) is 0.307. The van der Waals surface area contributed by atoms with Crippen LogP contribution in [0.25, 0.3) is 0 Å². The third kappa shape index (κ3) is 4.09. The van der Waals surface area contributed by atoms with Gasteiger partial charge < -0.3 is 10.8 Å². The average molecular weight is 300 g/mol. The molecule has 3 atom stereocenters. The van der Waals surface area contributed by atoms with Crippen LogP contribution in [-0.4, -0.2) is 17.8 Å². The summed E-state index contributed by atoms with van der Waals surface area (Å²) in [5, 5.41) is 10.4. The van der Waals surface area contributed by atoms with Crippen molar-refractivity contribution < 1.29 is 5.11 Å². The number of rotatable bonds is 6. The van der Waals surface area contributed by atoms with Crippen LogP contribution in [0.15, 0.2) is 28.7 Å². The highest BCUT2D eigenvalue weighted by molar-refractivity contribution is 9.10. The fourth-order valence-corrected chi connectivity index (χ4v) is 2.65. The zero-order chi connectivity index (χ0) is 12.8. The second-order valence-corrected chi connectivity index (χ2v) is 5.57. The predicted octanol–water partition coefficient (Wildman–Crippen LogP) is 3.29. The monoisotopic (exact) mass is 299 g/mol. The van der Waals surface area contributed by atoms with Gasteiger partial charge in [-0.3, -0.25) is 0 Å². The van der Waals surface area contributed by atoms with E-state index in [9.17, 15) is 5.11 Å². The molecule has 0 amide bonds. The maximum absolute atomic E-state index is 10.4. The Bertz CT molecular complexity index is 343. The predicted molar refractivity (Wildman–Crippen MR) is 76.0 cm³/mol. The van der Waals surface area contributed by atoms with Crippen molar-refractivity contribution in [3.63, 3.8) is 0 Å². The summed E-state index contributed by atoms with van der Waals surface area (Å²) in [6.07, 6.45) is 1.76. The minimum Gasteiger partial charge on any atom is -0.392 e. The van der Waals surface area contributed by atoms with Crippen molar-refractivity contribution in [2.75, 3.05) is 6.54 Å². The first kappa shape index (κ1) is 14.7. The van der Waals surface area contributed by atoms with Crippen molar-refractivity contribution in [1.82, 2.24) is 0 Å². The van der Waals surface area contributed by atoms with Crippen LogP contribution in [0.3, 0.4) is 0 Å². The van der Waals surface area contributed by atoms with Crippen LogP contribution in [0.5, 0.6) is 0 Å². The second kappa shape index (κ2) is 7.14. The van der Waals surface area contributed by atoms with Gasteiger partial charge >= 0.3 is 0 Å². The highest BCUT2D eigenvalue weighted by atomic mass is 79.9. The standard InChI is InChI=1S/C14H22BrNO/c1-3-5-10(2)14(17)13(9-16)11-6-4-7-12(15)8-11/h4,6-8,10,13-14,17H,3,5,9,16H2,1-2H3. The van der Waals surface area contributed by atoms with Gasteiger partial charge in [0.05, 0.1) is 6.10 Å². The Kier molecular flexibility index (Phi) is 6.17. The molecule has 0 fully saturated rings. The van der Waals surface area contributed by atoms with E-state index < -0.39 is 0 Å². The normalized spacial score (nSPS) is 16.5. The first-order chi connectivity index (χ1) is 8.10. The van der Waals surface area contributed by atoms with Crippen LogP contribution in [0.1, 0.15) is 38.2 Å². The van der Waals surface area contributed by atoms with E-state index >= 15 is 0 Å². The molecule has 17 heavy (non-hydrogen) atoms. The lowest BCUT2D eigenvalue weighted by atomic mass is 9.85. The molecule has 0 spiro atoms. The third-order valence-electron chi connectivity index (χ3n) is 3.27. The Morgan fingerprint density at radius 2 is 2.12 bits per heavy atom. The van der Waals surface area contributed by atoms with Gasteiger partial charge in [0.1, 0.15) is 0 Å². The molecule has 1 aromatic carbocycles. The summed E-state index contributed by atoms with van der Waals surface area (Å²) < 4.78 is 1.03. The van der Waals surface area contributed by atoms with E-state index in [1.165, 1.54) is 0 Å². The van der Waals surface area contributed by atoms with E-state index in [2.05, 4.69) is 29.8 Å². The summed E-state index contributed by atoms with van der Waals surface area (Å²) in [7, 11) is 0. The van der Waals surface area contributed by atoms with Crippen molar-refractivity contribution in [2.24, 2.45) is 11.7 Å². The van der Waals surface area contributed by atoms with Crippen LogP contribution in [0.4, 0.5) is 0 Å². The molecule has 3 heteroatoms.